The maximum absolute atomic E-state index is 13.0. The first-order valence-electron chi connectivity index (χ1n) is 11.9. The molecule has 9 nitrogen and oxygen atoms in total. The first kappa shape index (κ1) is 22.9. The molecule has 35 heavy (non-hydrogen) atoms. The van der Waals surface area contributed by atoms with E-state index in [0.717, 1.165) is 36.2 Å². The van der Waals surface area contributed by atoms with E-state index in [9.17, 15) is 9.59 Å². The molecule has 9 heteroatoms. The molecule has 1 atom stereocenters. The predicted molar refractivity (Wildman–Crippen MR) is 133 cm³/mol. The molecule has 2 aromatic carbocycles. The standard InChI is InChI=1S/C26H29N5O4/c1-34-22-13-18-21(14-23(22)35-2)27-16-31(26(18)33)12-6-10-24(32)30-11-5-7-17(15-30)25-28-19-8-3-4-9-20(19)29-25/h3-4,8-9,13-14,16-17H,5-7,10-12,15H2,1-2H3,(H,28,29). The molecule has 4 aromatic rings. The molecule has 5 rings (SSSR count). The Bertz CT molecular complexity index is 1390. The molecular formula is C26H29N5O4. The number of benzene rings is 2. The first-order chi connectivity index (χ1) is 17.1. The summed E-state index contributed by atoms with van der Waals surface area (Å²) >= 11 is 0. The quantitative estimate of drug-likeness (QED) is 0.439. The molecule has 0 spiro atoms. The second kappa shape index (κ2) is 9.77. The second-order valence-corrected chi connectivity index (χ2v) is 8.89. The van der Waals surface area contributed by atoms with Crippen molar-refractivity contribution < 1.29 is 14.3 Å². The topological polar surface area (TPSA) is 102 Å². The van der Waals surface area contributed by atoms with Crippen LogP contribution < -0.4 is 15.0 Å². The highest BCUT2D eigenvalue weighted by molar-refractivity contribution is 5.81. The molecule has 1 aliphatic rings. The number of methoxy groups -OCH3 is 2. The van der Waals surface area contributed by atoms with Gasteiger partial charge in [-0.05, 0) is 37.5 Å². The molecule has 3 heterocycles. The van der Waals surface area contributed by atoms with Crippen molar-refractivity contribution >= 4 is 27.8 Å². The summed E-state index contributed by atoms with van der Waals surface area (Å²) in [7, 11) is 3.08. The minimum Gasteiger partial charge on any atom is -0.493 e. The van der Waals surface area contributed by atoms with Crippen LogP contribution in [0.5, 0.6) is 11.5 Å². The van der Waals surface area contributed by atoms with Crippen molar-refractivity contribution in [3.8, 4) is 11.5 Å². The van der Waals surface area contributed by atoms with E-state index in [2.05, 4.69) is 9.97 Å². The number of nitrogens with one attached hydrogen (secondary N) is 1. The normalized spacial score (nSPS) is 16.1. The van der Waals surface area contributed by atoms with Gasteiger partial charge in [0.15, 0.2) is 11.5 Å². The van der Waals surface area contributed by atoms with Crippen LogP contribution in [-0.4, -0.2) is 57.6 Å². The number of imidazole rings is 1. The summed E-state index contributed by atoms with van der Waals surface area (Å²) < 4.78 is 12.2. The lowest BCUT2D eigenvalue weighted by Gasteiger charge is -2.32. The van der Waals surface area contributed by atoms with Gasteiger partial charge in [0.1, 0.15) is 5.82 Å². The van der Waals surface area contributed by atoms with Gasteiger partial charge in [0.2, 0.25) is 5.91 Å². The molecule has 1 aliphatic heterocycles. The lowest BCUT2D eigenvalue weighted by molar-refractivity contribution is -0.132. The number of nitrogens with zero attached hydrogens (tertiary/aromatic N) is 4. The van der Waals surface area contributed by atoms with Crippen LogP contribution in [0, 0.1) is 0 Å². The predicted octanol–water partition coefficient (Wildman–Crippen LogP) is 3.48. The highest BCUT2D eigenvalue weighted by atomic mass is 16.5. The fourth-order valence-corrected chi connectivity index (χ4v) is 4.80. The molecular weight excluding hydrogens is 446 g/mol. The summed E-state index contributed by atoms with van der Waals surface area (Å²) in [4.78, 5) is 40.4. The number of fused-ring (bicyclic) bond motifs is 2. The Morgan fingerprint density at radius 1 is 1.14 bits per heavy atom. The van der Waals surface area contributed by atoms with E-state index in [1.165, 1.54) is 13.4 Å². The summed E-state index contributed by atoms with van der Waals surface area (Å²) in [5, 5.41) is 0.459. The highest BCUT2D eigenvalue weighted by Crippen LogP contribution is 2.30. The van der Waals surface area contributed by atoms with E-state index in [1.807, 2.05) is 29.2 Å². The van der Waals surface area contributed by atoms with Gasteiger partial charge in [-0.3, -0.25) is 14.2 Å². The average Bonchev–Trinajstić information content (AvgIpc) is 3.34. The number of piperidine rings is 1. The van der Waals surface area contributed by atoms with Crippen molar-refractivity contribution in [1.82, 2.24) is 24.4 Å². The molecule has 1 N–H and O–H groups in total. The zero-order valence-electron chi connectivity index (χ0n) is 20.0. The Morgan fingerprint density at radius 2 is 1.94 bits per heavy atom. The number of likely N-dealkylation sites (tertiary alicyclic amines) is 1. The lowest BCUT2D eigenvalue weighted by atomic mass is 9.97. The van der Waals surface area contributed by atoms with Crippen LogP contribution in [0.25, 0.3) is 21.9 Å². The average molecular weight is 476 g/mol. The van der Waals surface area contributed by atoms with Gasteiger partial charge in [0.05, 0.1) is 42.5 Å². The number of amides is 1. The Balaban J connectivity index is 1.22. The summed E-state index contributed by atoms with van der Waals surface area (Å²) in [6.45, 7) is 1.84. The number of aryl methyl sites for hydroxylation is 1. The number of para-hydroxylation sites is 2. The molecule has 0 aliphatic carbocycles. The number of H-pyrrole nitrogens is 1. The zero-order chi connectivity index (χ0) is 24.4. The highest BCUT2D eigenvalue weighted by Gasteiger charge is 2.26. The van der Waals surface area contributed by atoms with E-state index >= 15 is 0 Å². The van der Waals surface area contributed by atoms with Crippen molar-refractivity contribution in [3.05, 3.63) is 58.9 Å². The van der Waals surface area contributed by atoms with Crippen LogP contribution in [0.4, 0.5) is 0 Å². The maximum atomic E-state index is 13.0. The van der Waals surface area contributed by atoms with Crippen molar-refractivity contribution in [3.63, 3.8) is 0 Å². The fourth-order valence-electron chi connectivity index (χ4n) is 4.80. The Kier molecular flexibility index (Phi) is 6.39. The third kappa shape index (κ3) is 4.58. The number of hydrogen-bond acceptors (Lipinski definition) is 6. The van der Waals surface area contributed by atoms with Gasteiger partial charge >= 0.3 is 0 Å². The van der Waals surface area contributed by atoms with E-state index in [0.29, 0.717) is 48.3 Å². The lowest BCUT2D eigenvalue weighted by Crippen LogP contribution is -2.39. The number of rotatable bonds is 7. The van der Waals surface area contributed by atoms with E-state index in [-0.39, 0.29) is 17.4 Å². The van der Waals surface area contributed by atoms with Crippen molar-refractivity contribution in [2.75, 3.05) is 27.3 Å². The van der Waals surface area contributed by atoms with Crippen LogP contribution in [0.3, 0.4) is 0 Å². The molecule has 1 saturated heterocycles. The molecule has 2 aromatic heterocycles. The zero-order valence-corrected chi connectivity index (χ0v) is 20.0. The summed E-state index contributed by atoms with van der Waals surface area (Å²) in [6.07, 6.45) is 4.43. The fraction of sp³-hybridized carbons (Fsp3) is 0.385. The van der Waals surface area contributed by atoms with Crippen LogP contribution in [0.1, 0.15) is 37.4 Å². The summed E-state index contributed by atoms with van der Waals surface area (Å²) in [5.41, 5.74) is 2.36. The van der Waals surface area contributed by atoms with E-state index in [1.54, 1.807) is 23.8 Å². The summed E-state index contributed by atoms with van der Waals surface area (Å²) in [6, 6.07) is 11.3. The number of aromatic nitrogens is 4. The Hall–Kier alpha value is -3.88. The molecule has 182 valence electrons. The van der Waals surface area contributed by atoms with Crippen LogP contribution in [0.2, 0.25) is 0 Å². The SMILES string of the molecule is COc1cc2ncn(CCCC(=O)N3CCCC(c4nc5ccccc5[nH]4)C3)c(=O)c2cc1OC. The molecule has 1 amide bonds. The van der Waals surface area contributed by atoms with Crippen molar-refractivity contribution in [2.24, 2.45) is 0 Å². The van der Waals surface area contributed by atoms with Gasteiger partial charge in [0.25, 0.3) is 5.56 Å². The van der Waals surface area contributed by atoms with Gasteiger partial charge in [-0.15, -0.1) is 0 Å². The first-order valence-corrected chi connectivity index (χ1v) is 11.9. The minimum atomic E-state index is -0.161. The molecule has 0 saturated carbocycles. The maximum Gasteiger partial charge on any atom is 0.261 e. The third-order valence-corrected chi connectivity index (χ3v) is 6.69. The smallest absolute Gasteiger partial charge is 0.261 e. The number of carbonyl (C=O) groups excluding carboxylic acids is 1. The van der Waals surface area contributed by atoms with E-state index < -0.39 is 0 Å². The Morgan fingerprint density at radius 3 is 2.74 bits per heavy atom. The van der Waals surface area contributed by atoms with E-state index in [4.69, 9.17) is 14.5 Å². The number of ether oxygens (including phenoxy) is 2. The molecule has 1 unspecified atom stereocenters. The number of aromatic amines is 1. The molecule has 0 radical (unpaired) electrons. The van der Waals surface area contributed by atoms with Gasteiger partial charge in [0, 0.05) is 38.0 Å². The molecule has 1 fully saturated rings. The van der Waals surface area contributed by atoms with Crippen LogP contribution >= 0.6 is 0 Å². The van der Waals surface area contributed by atoms with Gasteiger partial charge < -0.3 is 19.4 Å². The largest absolute Gasteiger partial charge is 0.493 e. The Labute approximate surface area is 202 Å². The van der Waals surface area contributed by atoms with Gasteiger partial charge in [-0.1, -0.05) is 12.1 Å². The van der Waals surface area contributed by atoms with Crippen molar-refractivity contribution in [1.29, 1.82) is 0 Å². The number of carbonyl (C=O) groups is 1. The third-order valence-electron chi connectivity index (χ3n) is 6.69. The molecule has 0 bridgehead atoms. The summed E-state index contributed by atoms with van der Waals surface area (Å²) in [5.74, 6) is 2.27. The van der Waals surface area contributed by atoms with Gasteiger partial charge in [-0.25, -0.2) is 9.97 Å². The van der Waals surface area contributed by atoms with Crippen LogP contribution in [-0.2, 0) is 11.3 Å². The second-order valence-electron chi connectivity index (χ2n) is 8.89. The van der Waals surface area contributed by atoms with Crippen molar-refractivity contribution in [2.45, 2.75) is 38.1 Å². The van der Waals surface area contributed by atoms with Gasteiger partial charge in [-0.2, -0.15) is 0 Å². The monoisotopic (exact) mass is 475 g/mol. The van der Waals surface area contributed by atoms with Crippen LogP contribution in [0.15, 0.2) is 47.5 Å². The minimum absolute atomic E-state index is 0.110. The number of hydrogen-bond donors (Lipinski definition) is 1.